The Labute approximate surface area is 167 Å². The van der Waals surface area contributed by atoms with Gasteiger partial charge in [-0.15, -0.1) is 0 Å². The van der Waals surface area contributed by atoms with E-state index >= 15 is 0 Å². The summed E-state index contributed by atoms with van der Waals surface area (Å²) in [6.07, 6.45) is 3.56. The summed E-state index contributed by atoms with van der Waals surface area (Å²) >= 11 is 0. The number of sulfone groups is 1. The molecule has 0 spiro atoms. The third kappa shape index (κ3) is 14.1. The molecule has 1 N–H and O–H groups in total. The van der Waals surface area contributed by atoms with Gasteiger partial charge in [0.05, 0.1) is 5.75 Å². The van der Waals surface area contributed by atoms with E-state index in [-0.39, 0.29) is 36.2 Å². The van der Waals surface area contributed by atoms with Crippen LogP contribution in [0.5, 0.6) is 0 Å². The molecule has 0 saturated carbocycles. The van der Waals surface area contributed by atoms with E-state index in [1.54, 1.807) is 13.8 Å². The lowest BCUT2D eigenvalue weighted by Gasteiger charge is -2.16. The molecule has 0 aliphatic heterocycles. The number of nitrogens with one attached hydrogen (secondary N) is 1. The number of nitrogens with zero attached hydrogens (tertiary/aromatic N) is 1. The van der Waals surface area contributed by atoms with Crippen molar-refractivity contribution >= 4 is 33.2 Å². The summed E-state index contributed by atoms with van der Waals surface area (Å²) in [6, 6.07) is 0. The van der Waals surface area contributed by atoms with Gasteiger partial charge in [0.25, 0.3) is 5.91 Å². The highest BCUT2D eigenvalue weighted by atomic mass is 32.2. The number of carbonyl (C=O) groups excluding carboxylic acids is 3. The smallest absolute Gasteiger partial charge is 0.305 e. The van der Waals surface area contributed by atoms with Crippen molar-refractivity contribution < 1.29 is 32.4 Å². The van der Waals surface area contributed by atoms with E-state index < -0.39 is 21.9 Å². The average molecular weight is 421 g/mol. The van der Waals surface area contributed by atoms with Crippen LogP contribution < -0.4 is 5.32 Å². The van der Waals surface area contributed by atoms with E-state index in [9.17, 15) is 22.8 Å². The predicted molar refractivity (Wildman–Crippen MR) is 106 cm³/mol. The van der Waals surface area contributed by atoms with Gasteiger partial charge in [-0.05, 0) is 26.2 Å². The first kappa shape index (κ1) is 26.0. The van der Waals surface area contributed by atoms with Gasteiger partial charge in [-0.3, -0.25) is 14.4 Å². The molecule has 9 nitrogen and oxygen atoms in total. The number of ketones is 1. The second-order valence-electron chi connectivity index (χ2n) is 6.48. The quantitative estimate of drug-likeness (QED) is 0.183. The summed E-state index contributed by atoms with van der Waals surface area (Å²) in [7, 11) is -3.24. The zero-order chi connectivity index (χ0) is 21.6. The fraction of sp³-hybridized carbons (Fsp3) is 0.778. The number of amides is 1. The number of hydrogen-bond donors (Lipinski definition) is 1. The van der Waals surface area contributed by atoms with Crippen molar-refractivity contribution in [2.75, 3.05) is 25.2 Å². The Hall–Kier alpha value is -1.97. The van der Waals surface area contributed by atoms with Crippen LogP contribution in [0.25, 0.3) is 0 Å². The third-order valence-electron chi connectivity index (χ3n) is 3.72. The normalized spacial score (nSPS) is 12.9. The Morgan fingerprint density at radius 1 is 1.07 bits per heavy atom. The van der Waals surface area contributed by atoms with Gasteiger partial charge < -0.3 is 14.9 Å². The molecule has 0 aliphatic carbocycles. The van der Waals surface area contributed by atoms with E-state index in [0.29, 0.717) is 32.2 Å². The molecule has 0 aromatic heterocycles. The summed E-state index contributed by atoms with van der Waals surface area (Å²) in [5, 5.41) is 6.26. The van der Waals surface area contributed by atoms with Crippen LogP contribution in [0.3, 0.4) is 0 Å². The van der Waals surface area contributed by atoms with Crippen LogP contribution in [0.4, 0.5) is 0 Å². The standard InChI is InChI=1S/C18H32N2O7S/c1-5-16(21)14(3)20-26-12-17(22)19-11-9-7-8-10-15(13-28(4,24)25)27-18(23)6-2/h15H,5-13H2,1-4H3,(H,19,22)/b20-14+. The van der Waals surface area contributed by atoms with Gasteiger partial charge in [-0.2, -0.15) is 0 Å². The topological polar surface area (TPSA) is 128 Å². The highest BCUT2D eigenvalue weighted by molar-refractivity contribution is 7.90. The zero-order valence-corrected chi connectivity index (χ0v) is 18.0. The third-order valence-corrected chi connectivity index (χ3v) is 4.70. The van der Waals surface area contributed by atoms with Gasteiger partial charge in [0.2, 0.25) is 0 Å². The maximum Gasteiger partial charge on any atom is 0.305 e. The molecule has 0 heterocycles. The van der Waals surface area contributed by atoms with E-state index in [1.165, 1.54) is 6.92 Å². The Kier molecular flexibility index (Phi) is 13.1. The molecule has 1 amide bonds. The van der Waals surface area contributed by atoms with Crippen molar-refractivity contribution in [3.63, 3.8) is 0 Å². The number of carbonyl (C=O) groups is 3. The molecule has 0 rings (SSSR count). The number of esters is 1. The lowest BCUT2D eigenvalue weighted by molar-refractivity contribution is -0.148. The van der Waals surface area contributed by atoms with Crippen LogP contribution in [-0.2, 0) is 33.8 Å². The van der Waals surface area contributed by atoms with E-state index in [1.807, 2.05) is 0 Å². The molecule has 0 bridgehead atoms. The molecule has 0 aliphatic rings. The molecule has 0 fully saturated rings. The zero-order valence-electron chi connectivity index (χ0n) is 17.2. The fourth-order valence-corrected chi connectivity index (χ4v) is 3.14. The summed E-state index contributed by atoms with van der Waals surface area (Å²) < 4.78 is 28.0. The van der Waals surface area contributed by atoms with E-state index in [0.717, 1.165) is 12.7 Å². The Morgan fingerprint density at radius 3 is 2.32 bits per heavy atom. The van der Waals surface area contributed by atoms with Crippen LogP contribution >= 0.6 is 0 Å². The second kappa shape index (κ2) is 14.1. The SMILES string of the molecule is CCC(=O)OC(CCCCCNC(=O)CO/N=C(\C)C(=O)CC)CS(C)(=O)=O. The Morgan fingerprint density at radius 2 is 1.75 bits per heavy atom. The van der Waals surface area contributed by atoms with Gasteiger partial charge >= 0.3 is 5.97 Å². The molecular weight excluding hydrogens is 388 g/mol. The highest BCUT2D eigenvalue weighted by Crippen LogP contribution is 2.10. The summed E-state index contributed by atoms with van der Waals surface area (Å²) in [4.78, 5) is 39.1. The lowest BCUT2D eigenvalue weighted by atomic mass is 10.1. The molecule has 162 valence electrons. The molecule has 28 heavy (non-hydrogen) atoms. The first-order valence-corrected chi connectivity index (χ1v) is 11.5. The number of rotatable bonds is 15. The van der Waals surface area contributed by atoms with E-state index in [4.69, 9.17) is 9.57 Å². The predicted octanol–water partition coefficient (Wildman–Crippen LogP) is 1.40. The number of oxime groups is 1. The molecule has 1 unspecified atom stereocenters. The Balaban J connectivity index is 4.02. The van der Waals surface area contributed by atoms with Crippen molar-refractivity contribution in [3.8, 4) is 0 Å². The van der Waals surface area contributed by atoms with Crippen molar-refractivity contribution in [1.82, 2.24) is 5.32 Å². The van der Waals surface area contributed by atoms with Gasteiger partial charge in [-0.1, -0.05) is 25.4 Å². The van der Waals surface area contributed by atoms with Gasteiger partial charge in [0, 0.05) is 25.6 Å². The maximum absolute atomic E-state index is 11.6. The number of Topliss-reactive ketones (excluding diaryl/α,β-unsaturated/α-hetero) is 1. The summed E-state index contributed by atoms with van der Waals surface area (Å²) in [5.74, 6) is -1.08. The van der Waals surface area contributed by atoms with Crippen LogP contribution in [0.2, 0.25) is 0 Å². The second-order valence-corrected chi connectivity index (χ2v) is 8.67. The molecule has 0 aromatic carbocycles. The van der Waals surface area contributed by atoms with Crippen molar-refractivity contribution in [2.45, 2.75) is 65.4 Å². The first-order valence-electron chi connectivity index (χ1n) is 9.42. The maximum atomic E-state index is 11.6. The largest absolute Gasteiger partial charge is 0.461 e. The first-order chi connectivity index (χ1) is 13.1. The monoisotopic (exact) mass is 420 g/mol. The number of hydrogen-bond acceptors (Lipinski definition) is 8. The lowest BCUT2D eigenvalue weighted by Crippen LogP contribution is -2.28. The Bertz CT molecular complexity index is 644. The van der Waals surface area contributed by atoms with Gasteiger partial charge in [-0.25, -0.2) is 8.42 Å². The van der Waals surface area contributed by atoms with Crippen molar-refractivity contribution in [3.05, 3.63) is 0 Å². The van der Waals surface area contributed by atoms with Gasteiger partial charge in [0.1, 0.15) is 11.8 Å². The average Bonchev–Trinajstić information content (AvgIpc) is 2.61. The molecular formula is C18H32N2O7S. The molecule has 0 radical (unpaired) electrons. The molecule has 0 saturated heterocycles. The van der Waals surface area contributed by atoms with Crippen LogP contribution in [-0.4, -0.2) is 63.1 Å². The molecule has 0 aromatic rings. The number of ether oxygens (including phenoxy) is 1. The summed E-state index contributed by atoms with van der Waals surface area (Å²) in [6.45, 7) is 5.06. The van der Waals surface area contributed by atoms with Crippen molar-refractivity contribution in [2.24, 2.45) is 5.16 Å². The minimum absolute atomic E-state index is 0.140. The van der Waals surface area contributed by atoms with E-state index in [2.05, 4.69) is 10.5 Å². The van der Waals surface area contributed by atoms with Crippen LogP contribution in [0.15, 0.2) is 5.16 Å². The minimum Gasteiger partial charge on any atom is -0.461 e. The highest BCUT2D eigenvalue weighted by Gasteiger charge is 2.18. The fourth-order valence-electron chi connectivity index (χ4n) is 2.23. The molecule has 10 heteroatoms. The summed E-state index contributed by atoms with van der Waals surface area (Å²) in [5.41, 5.74) is 0.225. The van der Waals surface area contributed by atoms with Crippen LogP contribution in [0, 0.1) is 0 Å². The van der Waals surface area contributed by atoms with Crippen LogP contribution in [0.1, 0.15) is 59.3 Å². The van der Waals surface area contributed by atoms with Gasteiger partial charge in [0.15, 0.2) is 22.2 Å². The number of unbranched alkanes of at least 4 members (excludes halogenated alkanes) is 2. The van der Waals surface area contributed by atoms with Crippen molar-refractivity contribution in [1.29, 1.82) is 0 Å². The molecule has 1 atom stereocenters. The minimum atomic E-state index is -3.24.